The van der Waals surface area contributed by atoms with Gasteiger partial charge in [-0.15, -0.1) is 11.3 Å². The van der Waals surface area contributed by atoms with Crippen LogP contribution in [-0.4, -0.2) is 16.1 Å². The van der Waals surface area contributed by atoms with E-state index in [0.717, 1.165) is 17.7 Å². The zero-order chi connectivity index (χ0) is 10.1. The third kappa shape index (κ3) is 1.83. The number of aromatic carboxylic acids is 1. The Hall–Kier alpha value is -0.420. The van der Waals surface area contributed by atoms with E-state index < -0.39 is 5.97 Å². The number of nitrogens with zero attached hydrogens (tertiary/aromatic N) is 1. The van der Waals surface area contributed by atoms with Crippen LogP contribution < -0.4 is 0 Å². The van der Waals surface area contributed by atoms with Gasteiger partial charge in [0.2, 0.25) is 0 Å². The molecule has 3 nitrogen and oxygen atoms in total. The van der Waals surface area contributed by atoms with Crippen molar-refractivity contribution in [2.45, 2.75) is 31.6 Å². The van der Waals surface area contributed by atoms with Gasteiger partial charge in [0.25, 0.3) is 0 Å². The molecule has 1 saturated carbocycles. The fraction of sp³-hybridized carbons (Fsp3) is 0.556. The topological polar surface area (TPSA) is 50.2 Å². The first-order chi connectivity index (χ1) is 6.68. The van der Waals surface area contributed by atoms with Crippen molar-refractivity contribution in [2.24, 2.45) is 0 Å². The van der Waals surface area contributed by atoms with E-state index in [0.29, 0.717) is 9.83 Å². The van der Waals surface area contributed by atoms with Gasteiger partial charge in [-0.3, -0.25) is 0 Å². The van der Waals surface area contributed by atoms with Crippen molar-refractivity contribution < 1.29 is 9.90 Å². The Morgan fingerprint density at radius 2 is 2.14 bits per heavy atom. The van der Waals surface area contributed by atoms with Gasteiger partial charge in [0, 0.05) is 4.88 Å². The summed E-state index contributed by atoms with van der Waals surface area (Å²) < 4.78 is 0.678. The predicted octanol–water partition coefficient (Wildman–Crippen LogP) is 3.26. The second-order valence-corrected chi connectivity index (χ2v) is 5.77. The molecule has 0 radical (unpaired) electrons. The van der Waals surface area contributed by atoms with Crippen molar-refractivity contribution in [2.75, 3.05) is 0 Å². The van der Waals surface area contributed by atoms with Crippen LogP contribution in [-0.2, 0) is 0 Å². The number of carboxylic acid groups (broad SMARTS) is 1. The van der Waals surface area contributed by atoms with Gasteiger partial charge < -0.3 is 5.11 Å². The lowest BCUT2D eigenvalue weighted by molar-refractivity contribution is 0.0689. The first kappa shape index (κ1) is 10.1. The number of carbonyl (C=O) groups is 1. The van der Waals surface area contributed by atoms with Crippen LogP contribution in [0.4, 0.5) is 0 Å². The summed E-state index contributed by atoms with van der Waals surface area (Å²) in [6.07, 6.45) is 4.63. The van der Waals surface area contributed by atoms with Crippen molar-refractivity contribution in [3.05, 3.63) is 14.5 Å². The second-order valence-electron chi connectivity index (χ2n) is 3.47. The quantitative estimate of drug-likeness (QED) is 0.901. The SMILES string of the molecule is O=C(O)c1nc(Br)sc1C1CCCC1. The third-order valence-corrected chi connectivity index (χ3v) is 4.23. The van der Waals surface area contributed by atoms with Gasteiger partial charge in [-0.25, -0.2) is 9.78 Å². The van der Waals surface area contributed by atoms with E-state index in [1.54, 1.807) is 0 Å². The van der Waals surface area contributed by atoms with E-state index >= 15 is 0 Å². The average molecular weight is 276 g/mol. The molecule has 1 N–H and O–H groups in total. The number of hydrogen-bond donors (Lipinski definition) is 1. The van der Waals surface area contributed by atoms with E-state index in [2.05, 4.69) is 20.9 Å². The summed E-state index contributed by atoms with van der Waals surface area (Å²) in [6, 6.07) is 0. The molecule has 1 aromatic heterocycles. The molecule has 1 fully saturated rings. The highest BCUT2D eigenvalue weighted by molar-refractivity contribution is 9.11. The molecule has 76 valence electrons. The minimum absolute atomic E-state index is 0.244. The highest BCUT2D eigenvalue weighted by Crippen LogP contribution is 2.40. The Morgan fingerprint density at radius 1 is 1.50 bits per heavy atom. The maximum Gasteiger partial charge on any atom is 0.355 e. The summed E-state index contributed by atoms with van der Waals surface area (Å²) in [6.45, 7) is 0. The average Bonchev–Trinajstić information content (AvgIpc) is 2.70. The van der Waals surface area contributed by atoms with Crippen LogP contribution in [0, 0.1) is 0 Å². The molecule has 1 aliphatic carbocycles. The summed E-state index contributed by atoms with van der Waals surface area (Å²) in [4.78, 5) is 15.9. The summed E-state index contributed by atoms with van der Waals surface area (Å²) in [5.41, 5.74) is 0.244. The van der Waals surface area contributed by atoms with Crippen LogP contribution in [0.25, 0.3) is 0 Å². The highest BCUT2D eigenvalue weighted by atomic mass is 79.9. The van der Waals surface area contributed by atoms with Crippen molar-refractivity contribution >= 4 is 33.2 Å². The number of hydrogen-bond acceptors (Lipinski definition) is 3. The maximum atomic E-state index is 10.9. The Kier molecular flexibility index (Phi) is 2.88. The molecule has 0 unspecified atom stereocenters. The smallest absolute Gasteiger partial charge is 0.355 e. The number of rotatable bonds is 2. The van der Waals surface area contributed by atoms with Crippen molar-refractivity contribution in [3.8, 4) is 0 Å². The molecule has 0 spiro atoms. The lowest BCUT2D eigenvalue weighted by atomic mass is 10.1. The van der Waals surface area contributed by atoms with Gasteiger partial charge in [-0.1, -0.05) is 12.8 Å². The normalized spacial score (nSPS) is 17.5. The Bertz CT molecular complexity index is 358. The summed E-state index contributed by atoms with van der Waals surface area (Å²) in [7, 11) is 0. The van der Waals surface area contributed by atoms with Gasteiger partial charge in [-0.05, 0) is 34.7 Å². The van der Waals surface area contributed by atoms with E-state index in [9.17, 15) is 4.79 Å². The lowest BCUT2D eigenvalue weighted by Crippen LogP contribution is -2.03. The number of thiazole rings is 1. The lowest BCUT2D eigenvalue weighted by Gasteiger charge is -2.05. The zero-order valence-electron chi connectivity index (χ0n) is 7.49. The first-order valence-electron chi connectivity index (χ1n) is 4.58. The third-order valence-electron chi connectivity index (χ3n) is 2.56. The van der Waals surface area contributed by atoms with Crippen LogP contribution in [0.3, 0.4) is 0 Å². The molecular weight excluding hydrogens is 266 g/mol. The van der Waals surface area contributed by atoms with Gasteiger partial charge in [0.15, 0.2) is 9.61 Å². The maximum absolute atomic E-state index is 10.9. The molecule has 1 aliphatic rings. The molecule has 2 rings (SSSR count). The molecule has 14 heavy (non-hydrogen) atoms. The molecule has 1 aromatic rings. The van der Waals surface area contributed by atoms with E-state index in [1.165, 1.54) is 24.2 Å². The minimum atomic E-state index is -0.908. The van der Waals surface area contributed by atoms with Crippen molar-refractivity contribution in [3.63, 3.8) is 0 Å². The molecular formula is C9H10BrNO2S. The number of carboxylic acids is 1. The first-order valence-corrected chi connectivity index (χ1v) is 6.19. The molecule has 0 atom stereocenters. The predicted molar refractivity (Wildman–Crippen MR) is 58.0 cm³/mol. The number of aromatic nitrogens is 1. The Labute approximate surface area is 94.3 Å². The van der Waals surface area contributed by atoms with Gasteiger partial charge in [0.1, 0.15) is 0 Å². The largest absolute Gasteiger partial charge is 0.476 e. The minimum Gasteiger partial charge on any atom is -0.476 e. The fourth-order valence-corrected chi connectivity index (χ4v) is 3.57. The van der Waals surface area contributed by atoms with Gasteiger partial charge >= 0.3 is 5.97 Å². The molecule has 0 saturated heterocycles. The molecule has 0 aliphatic heterocycles. The van der Waals surface area contributed by atoms with Crippen molar-refractivity contribution in [1.82, 2.24) is 4.98 Å². The summed E-state index contributed by atoms with van der Waals surface area (Å²) in [5.74, 6) is -0.487. The summed E-state index contributed by atoms with van der Waals surface area (Å²) in [5, 5.41) is 8.96. The zero-order valence-corrected chi connectivity index (χ0v) is 9.90. The van der Waals surface area contributed by atoms with E-state index in [1.807, 2.05) is 0 Å². The molecule has 0 bridgehead atoms. The summed E-state index contributed by atoms with van der Waals surface area (Å²) >= 11 is 4.71. The second kappa shape index (κ2) is 3.98. The fourth-order valence-electron chi connectivity index (χ4n) is 1.92. The van der Waals surface area contributed by atoms with Crippen LogP contribution in [0.1, 0.15) is 47.0 Å². The van der Waals surface area contributed by atoms with E-state index in [-0.39, 0.29) is 5.69 Å². The van der Waals surface area contributed by atoms with Crippen molar-refractivity contribution in [1.29, 1.82) is 0 Å². The molecule has 0 aromatic carbocycles. The molecule has 0 amide bonds. The Balaban J connectivity index is 2.35. The Morgan fingerprint density at radius 3 is 2.71 bits per heavy atom. The van der Waals surface area contributed by atoms with Crippen LogP contribution in [0.5, 0.6) is 0 Å². The van der Waals surface area contributed by atoms with Gasteiger partial charge in [0.05, 0.1) is 0 Å². The monoisotopic (exact) mass is 275 g/mol. The van der Waals surface area contributed by atoms with Crippen LogP contribution >= 0.6 is 27.3 Å². The number of halogens is 1. The van der Waals surface area contributed by atoms with E-state index in [4.69, 9.17) is 5.11 Å². The van der Waals surface area contributed by atoms with Crippen LogP contribution in [0.2, 0.25) is 0 Å². The molecule has 5 heteroatoms. The van der Waals surface area contributed by atoms with Gasteiger partial charge in [-0.2, -0.15) is 0 Å². The highest BCUT2D eigenvalue weighted by Gasteiger charge is 2.26. The standard InChI is InChI=1S/C9H10BrNO2S/c10-9-11-6(8(12)13)7(14-9)5-3-1-2-4-5/h5H,1-4H2,(H,12,13). The molecule has 1 heterocycles. The van der Waals surface area contributed by atoms with Crippen LogP contribution in [0.15, 0.2) is 3.92 Å².